The summed E-state index contributed by atoms with van der Waals surface area (Å²) in [7, 11) is 2.16. The summed E-state index contributed by atoms with van der Waals surface area (Å²) in [6, 6.07) is 6.17. The summed E-state index contributed by atoms with van der Waals surface area (Å²) in [5.41, 5.74) is 2.64. The highest BCUT2D eigenvalue weighted by molar-refractivity contribution is 6.30. The number of hydrogen-bond donors (Lipinski definition) is 1. The first-order valence-electron chi connectivity index (χ1n) is 7.43. The maximum atomic E-state index is 6.15. The SMILES string of the molecule is CC(C)CCN(C)c1ccc(Cl)cc1CNC(C)(C)C. The molecule has 0 aliphatic rings. The van der Waals surface area contributed by atoms with Gasteiger partial charge in [-0.25, -0.2) is 0 Å². The molecule has 1 rings (SSSR count). The minimum Gasteiger partial charge on any atom is -0.374 e. The molecule has 0 saturated heterocycles. The Balaban J connectivity index is 2.83. The van der Waals surface area contributed by atoms with Crippen LogP contribution in [0.1, 0.15) is 46.6 Å². The van der Waals surface area contributed by atoms with E-state index in [0.717, 1.165) is 24.0 Å². The molecule has 3 heteroatoms. The summed E-state index contributed by atoms with van der Waals surface area (Å²) in [5, 5.41) is 4.34. The fourth-order valence-corrected chi connectivity index (χ4v) is 2.20. The first-order valence-corrected chi connectivity index (χ1v) is 7.81. The zero-order chi connectivity index (χ0) is 15.3. The molecular formula is C17H29ClN2. The topological polar surface area (TPSA) is 15.3 Å². The molecular weight excluding hydrogens is 268 g/mol. The lowest BCUT2D eigenvalue weighted by molar-refractivity contribution is 0.424. The van der Waals surface area contributed by atoms with Crippen molar-refractivity contribution in [1.82, 2.24) is 5.32 Å². The van der Waals surface area contributed by atoms with Crippen molar-refractivity contribution in [2.45, 2.75) is 53.1 Å². The maximum absolute atomic E-state index is 6.15. The van der Waals surface area contributed by atoms with Crippen molar-refractivity contribution in [2.75, 3.05) is 18.5 Å². The van der Waals surface area contributed by atoms with Gasteiger partial charge in [-0.15, -0.1) is 0 Å². The zero-order valence-corrected chi connectivity index (χ0v) is 14.5. The van der Waals surface area contributed by atoms with Gasteiger partial charge in [0.1, 0.15) is 0 Å². The Morgan fingerprint density at radius 2 is 1.90 bits per heavy atom. The van der Waals surface area contributed by atoms with Crippen LogP contribution in [-0.4, -0.2) is 19.1 Å². The second kappa shape index (κ2) is 7.33. The summed E-state index contributed by atoms with van der Waals surface area (Å²) >= 11 is 6.15. The van der Waals surface area contributed by atoms with E-state index in [1.165, 1.54) is 17.7 Å². The van der Waals surface area contributed by atoms with Crippen LogP contribution >= 0.6 is 11.6 Å². The van der Waals surface area contributed by atoms with E-state index in [0.29, 0.717) is 0 Å². The van der Waals surface area contributed by atoms with Crippen molar-refractivity contribution >= 4 is 17.3 Å². The highest BCUT2D eigenvalue weighted by atomic mass is 35.5. The quantitative estimate of drug-likeness (QED) is 0.818. The van der Waals surface area contributed by atoms with Gasteiger partial charge in [-0.2, -0.15) is 0 Å². The van der Waals surface area contributed by atoms with Gasteiger partial charge in [0.2, 0.25) is 0 Å². The summed E-state index contributed by atoms with van der Waals surface area (Å²) in [4.78, 5) is 2.33. The van der Waals surface area contributed by atoms with Crippen LogP contribution in [0, 0.1) is 5.92 Å². The van der Waals surface area contributed by atoms with E-state index in [1.807, 2.05) is 6.07 Å². The molecule has 0 radical (unpaired) electrons. The number of hydrogen-bond acceptors (Lipinski definition) is 2. The number of anilines is 1. The van der Waals surface area contributed by atoms with Crippen LogP contribution in [-0.2, 0) is 6.54 Å². The fourth-order valence-electron chi connectivity index (χ4n) is 2.00. The second-order valence-electron chi connectivity index (χ2n) is 6.98. The number of benzene rings is 1. The van der Waals surface area contributed by atoms with Crippen LogP contribution in [0.4, 0.5) is 5.69 Å². The number of halogens is 1. The molecule has 0 amide bonds. The van der Waals surface area contributed by atoms with Gasteiger partial charge in [0.05, 0.1) is 0 Å². The summed E-state index contributed by atoms with van der Waals surface area (Å²) in [6.45, 7) is 13.0. The molecule has 1 N–H and O–H groups in total. The highest BCUT2D eigenvalue weighted by Crippen LogP contribution is 2.24. The number of nitrogens with zero attached hydrogens (tertiary/aromatic N) is 1. The van der Waals surface area contributed by atoms with Crippen LogP contribution in [0.3, 0.4) is 0 Å². The molecule has 1 aromatic rings. The molecule has 0 spiro atoms. The molecule has 1 aromatic carbocycles. The Hall–Kier alpha value is -0.730. The molecule has 2 nitrogen and oxygen atoms in total. The van der Waals surface area contributed by atoms with Crippen molar-refractivity contribution in [3.8, 4) is 0 Å². The van der Waals surface area contributed by atoms with Crippen LogP contribution in [0.5, 0.6) is 0 Å². The molecule has 0 fully saturated rings. The Kier molecular flexibility index (Phi) is 6.35. The minimum atomic E-state index is 0.107. The summed E-state index contributed by atoms with van der Waals surface area (Å²) < 4.78 is 0. The van der Waals surface area contributed by atoms with E-state index in [9.17, 15) is 0 Å². The predicted octanol–water partition coefficient (Wildman–Crippen LogP) is 4.71. The monoisotopic (exact) mass is 296 g/mol. The van der Waals surface area contributed by atoms with Gasteiger partial charge < -0.3 is 10.2 Å². The predicted molar refractivity (Wildman–Crippen MR) is 90.8 cm³/mol. The maximum Gasteiger partial charge on any atom is 0.0410 e. The molecule has 0 aromatic heterocycles. The van der Waals surface area contributed by atoms with Gasteiger partial charge >= 0.3 is 0 Å². The van der Waals surface area contributed by atoms with Crippen molar-refractivity contribution in [3.63, 3.8) is 0 Å². The standard InChI is InChI=1S/C17H29ClN2/c1-13(2)9-10-20(6)16-8-7-15(18)11-14(16)12-19-17(3,4)5/h7-8,11,13,19H,9-10,12H2,1-6H3. The second-order valence-corrected chi connectivity index (χ2v) is 7.42. The normalized spacial score (nSPS) is 12.0. The summed E-state index contributed by atoms with van der Waals surface area (Å²) in [6.07, 6.45) is 1.20. The van der Waals surface area contributed by atoms with E-state index in [4.69, 9.17) is 11.6 Å². The average Bonchev–Trinajstić information content (AvgIpc) is 2.32. The van der Waals surface area contributed by atoms with Gasteiger partial charge in [0.15, 0.2) is 0 Å². The first kappa shape index (κ1) is 17.3. The largest absolute Gasteiger partial charge is 0.374 e. The third kappa shape index (κ3) is 6.15. The molecule has 20 heavy (non-hydrogen) atoms. The van der Waals surface area contributed by atoms with E-state index in [1.54, 1.807) is 0 Å². The third-order valence-electron chi connectivity index (χ3n) is 3.30. The van der Waals surface area contributed by atoms with E-state index in [-0.39, 0.29) is 5.54 Å². The molecule has 0 saturated carbocycles. The van der Waals surface area contributed by atoms with Crippen LogP contribution in [0.2, 0.25) is 5.02 Å². The third-order valence-corrected chi connectivity index (χ3v) is 3.54. The lowest BCUT2D eigenvalue weighted by Crippen LogP contribution is -2.35. The van der Waals surface area contributed by atoms with Gasteiger partial charge in [0.25, 0.3) is 0 Å². The molecule has 0 unspecified atom stereocenters. The number of rotatable bonds is 6. The average molecular weight is 297 g/mol. The van der Waals surface area contributed by atoms with Gasteiger partial charge in [0, 0.05) is 36.4 Å². The van der Waals surface area contributed by atoms with Crippen molar-refractivity contribution < 1.29 is 0 Å². The van der Waals surface area contributed by atoms with Gasteiger partial charge in [-0.05, 0) is 56.9 Å². The van der Waals surface area contributed by atoms with E-state index >= 15 is 0 Å². The molecule has 0 aliphatic carbocycles. The number of nitrogens with one attached hydrogen (secondary N) is 1. The zero-order valence-electron chi connectivity index (χ0n) is 13.8. The highest BCUT2D eigenvalue weighted by Gasteiger charge is 2.13. The lowest BCUT2D eigenvalue weighted by atomic mass is 10.1. The van der Waals surface area contributed by atoms with E-state index in [2.05, 4.69) is 64.0 Å². The minimum absolute atomic E-state index is 0.107. The molecule has 114 valence electrons. The van der Waals surface area contributed by atoms with E-state index < -0.39 is 0 Å². The van der Waals surface area contributed by atoms with Gasteiger partial charge in [-0.3, -0.25) is 0 Å². The smallest absolute Gasteiger partial charge is 0.0410 e. The first-order chi connectivity index (χ1) is 9.19. The Bertz CT molecular complexity index is 421. The fraction of sp³-hybridized carbons (Fsp3) is 0.647. The Morgan fingerprint density at radius 3 is 2.45 bits per heavy atom. The lowest BCUT2D eigenvalue weighted by Gasteiger charge is -2.26. The van der Waals surface area contributed by atoms with Crippen molar-refractivity contribution in [3.05, 3.63) is 28.8 Å². The van der Waals surface area contributed by atoms with Crippen molar-refractivity contribution in [2.24, 2.45) is 5.92 Å². The molecule has 0 aliphatic heterocycles. The van der Waals surface area contributed by atoms with Crippen molar-refractivity contribution in [1.29, 1.82) is 0 Å². The molecule has 0 heterocycles. The van der Waals surface area contributed by atoms with Crippen LogP contribution in [0.25, 0.3) is 0 Å². The van der Waals surface area contributed by atoms with Gasteiger partial charge in [-0.1, -0.05) is 25.4 Å². The van der Waals surface area contributed by atoms with Crippen LogP contribution < -0.4 is 10.2 Å². The Labute approximate surface area is 129 Å². The molecule has 0 atom stereocenters. The summed E-state index contributed by atoms with van der Waals surface area (Å²) in [5.74, 6) is 0.723. The molecule has 0 bridgehead atoms. The van der Waals surface area contributed by atoms with Crippen LogP contribution in [0.15, 0.2) is 18.2 Å². The Morgan fingerprint density at radius 1 is 1.25 bits per heavy atom.